The van der Waals surface area contributed by atoms with Gasteiger partial charge in [0.1, 0.15) is 11.2 Å². The molecule has 0 aliphatic rings. The van der Waals surface area contributed by atoms with E-state index in [4.69, 9.17) is 14.4 Å². The third-order valence-corrected chi connectivity index (χ3v) is 12.1. The average Bonchev–Trinajstić information content (AvgIpc) is 3.81. The van der Waals surface area contributed by atoms with Gasteiger partial charge in [-0.3, -0.25) is 0 Å². The summed E-state index contributed by atoms with van der Waals surface area (Å²) < 4.78 is 8.98. The molecule has 3 nitrogen and oxygen atoms in total. The summed E-state index contributed by atoms with van der Waals surface area (Å²) in [6, 6.07) is 54.6. The van der Waals surface area contributed by atoms with Gasteiger partial charge in [-0.05, 0) is 106 Å². The lowest BCUT2D eigenvalue weighted by Crippen LogP contribution is -1.97. The second-order valence-electron chi connectivity index (χ2n) is 14.4. The van der Waals surface area contributed by atoms with Gasteiger partial charge in [0.05, 0.1) is 11.4 Å². The summed E-state index contributed by atoms with van der Waals surface area (Å²) in [5, 5.41) is 10.2. The van der Waals surface area contributed by atoms with Crippen molar-refractivity contribution in [2.45, 2.75) is 26.2 Å². The standard InChI is InChI=1S/C50H34N2OS/c1-2-3-12-30-23-33(34-26-41-37-16-8-7-15-36(37)40-18-11-20-46-48(40)49(41)47(28-34)54-46)25-35(24-30)50-51-42(31-13-5-4-6-14-31)29-43(52-50)32-21-22-39-38-17-9-10-19-44(38)53-45(39)27-32/h4-11,13-29H,2-3,12H2,1H3. The van der Waals surface area contributed by atoms with E-state index in [2.05, 4.69) is 140 Å². The van der Waals surface area contributed by atoms with E-state index >= 15 is 0 Å². The van der Waals surface area contributed by atoms with Crippen LogP contribution in [-0.4, -0.2) is 9.97 Å². The van der Waals surface area contributed by atoms with Gasteiger partial charge in [0.15, 0.2) is 5.82 Å². The molecule has 256 valence electrons. The van der Waals surface area contributed by atoms with Crippen LogP contribution in [0, 0.1) is 0 Å². The first-order valence-corrected chi connectivity index (χ1v) is 19.6. The van der Waals surface area contributed by atoms with Crippen LogP contribution in [0.1, 0.15) is 25.3 Å². The van der Waals surface area contributed by atoms with E-state index in [9.17, 15) is 0 Å². The molecule has 0 radical (unpaired) electrons. The molecule has 11 rings (SSSR count). The molecular formula is C50H34N2OS. The number of hydrogen-bond acceptors (Lipinski definition) is 4. The summed E-state index contributed by atoms with van der Waals surface area (Å²) >= 11 is 1.90. The van der Waals surface area contributed by atoms with Crippen LogP contribution >= 0.6 is 11.3 Å². The highest BCUT2D eigenvalue weighted by Crippen LogP contribution is 2.47. The van der Waals surface area contributed by atoms with Crippen molar-refractivity contribution in [1.29, 1.82) is 0 Å². The first-order chi connectivity index (χ1) is 26.7. The van der Waals surface area contributed by atoms with Gasteiger partial charge in [0.2, 0.25) is 0 Å². The molecule has 0 spiro atoms. The topological polar surface area (TPSA) is 38.9 Å². The Morgan fingerprint density at radius 3 is 2.00 bits per heavy atom. The van der Waals surface area contributed by atoms with Crippen LogP contribution in [0.5, 0.6) is 0 Å². The van der Waals surface area contributed by atoms with Crippen molar-refractivity contribution in [2.24, 2.45) is 0 Å². The van der Waals surface area contributed by atoms with Gasteiger partial charge in [0, 0.05) is 47.6 Å². The number of aromatic nitrogens is 2. The lowest BCUT2D eigenvalue weighted by molar-refractivity contribution is 0.669. The van der Waals surface area contributed by atoms with E-state index in [-0.39, 0.29) is 0 Å². The Hall–Kier alpha value is -6.36. The van der Waals surface area contributed by atoms with Crippen LogP contribution in [0.3, 0.4) is 0 Å². The van der Waals surface area contributed by atoms with E-state index in [1.54, 1.807) is 0 Å². The molecule has 54 heavy (non-hydrogen) atoms. The number of fused-ring (bicyclic) bond motifs is 6. The van der Waals surface area contributed by atoms with Gasteiger partial charge < -0.3 is 4.42 Å². The SMILES string of the molecule is CCCCc1cc(-c2cc3sc4cccc5c6ccccc6c(c2)c3c45)cc(-c2nc(-c3ccccc3)cc(-c3ccc4c(c3)oc3ccccc34)n2)c1. The largest absolute Gasteiger partial charge is 0.456 e. The maximum absolute atomic E-state index is 6.31. The average molecular weight is 711 g/mol. The summed E-state index contributed by atoms with van der Waals surface area (Å²) in [6.07, 6.45) is 3.24. The molecule has 0 amide bonds. The Balaban J connectivity index is 1.12. The first-order valence-electron chi connectivity index (χ1n) is 18.8. The minimum atomic E-state index is 0.718. The van der Waals surface area contributed by atoms with Crippen LogP contribution < -0.4 is 0 Å². The monoisotopic (exact) mass is 710 g/mol. The minimum absolute atomic E-state index is 0.718. The Bertz CT molecular complexity index is 3210. The number of benzene rings is 8. The highest BCUT2D eigenvalue weighted by molar-refractivity contribution is 7.26. The molecule has 11 aromatic rings. The molecule has 0 saturated heterocycles. The predicted molar refractivity (Wildman–Crippen MR) is 229 cm³/mol. The summed E-state index contributed by atoms with van der Waals surface area (Å²) in [6.45, 7) is 2.26. The van der Waals surface area contributed by atoms with Crippen molar-refractivity contribution >= 4 is 75.0 Å². The normalized spacial score (nSPS) is 12.0. The highest BCUT2D eigenvalue weighted by atomic mass is 32.1. The fourth-order valence-corrected chi connectivity index (χ4v) is 9.58. The van der Waals surface area contributed by atoms with Gasteiger partial charge in [-0.25, -0.2) is 9.97 Å². The number of hydrogen-bond donors (Lipinski definition) is 0. The van der Waals surface area contributed by atoms with Gasteiger partial charge >= 0.3 is 0 Å². The zero-order chi connectivity index (χ0) is 35.8. The van der Waals surface area contributed by atoms with Crippen LogP contribution in [-0.2, 0) is 6.42 Å². The van der Waals surface area contributed by atoms with Gasteiger partial charge in [-0.2, -0.15) is 0 Å². The van der Waals surface area contributed by atoms with E-state index in [1.807, 2.05) is 29.5 Å². The van der Waals surface area contributed by atoms with E-state index < -0.39 is 0 Å². The minimum Gasteiger partial charge on any atom is -0.456 e. The zero-order valence-corrected chi connectivity index (χ0v) is 30.6. The van der Waals surface area contributed by atoms with E-state index in [1.165, 1.54) is 58.4 Å². The maximum Gasteiger partial charge on any atom is 0.160 e. The maximum atomic E-state index is 6.31. The van der Waals surface area contributed by atoms with Gasteiger partial charge in [0.25, 0.3) is 0 Å². The smallest absolute Gasteiger partial charge is 0.160 e. The summed E-state index contributed by atoms with van der Waals surface area (Å²) in [7, 11) is 0. The zero-order valence-electron chi connectivity index (χ0n) is 29.8. The number of unbranched alkanes of at least 4 members (excludes halogenated alkanes) is 1. The number of thiophene rings is 1. The molecule has 0 unspecified atom stereocenters. The van der Waals surface area contributed by atoms with Crippen LogP contribution in [0.4, 0.5) is 0 Å². The third-order valence-electron chi connectivity index (χ3n) is 11.0. The number of furan rings is 1. The molecule has 0 atom stereocenters. The molecule has 0 saturated carbocycles. The van der Waals surface area contributed by atoms with Crippen molar-refractivity contribution in [3.8, 4) is 45.0 Å². The quantitative estimate of drug-likeness (QED) is 0.155. The molecule has 0 bridgehead atoms. The predicted octanol–water partition coefficient (Wildman–Crippen LogP) is 14.5. The Kier molecular flexibility index (Phi) is 7.14. The fourth-order valence-electron chi connectivity index (χ4n) is 8.38. The van der Waals surface area contributed by atoms with Crippen molar-refractivity contribution < 1.29 is 4.42 Å². The van der Waals surface area contributed by atoms with E-state index in [0.717, 1.165) is 75.1 Å². The highest BCUT2D eigenvalue weighted by Gasteiger charge is 2.19. The van der Waals surface area contributed by atoms with Crippen LogP contribution in [0.25, 0.3) is 109 Å². The Morgan fingerprint density at radius 1 is 0.463 bits per heavy atom. The Labute approximate surface area is 316 Å². The van der Waals surface area contributed by atoms with Crippen LogP contribution in [0.15, 0.2) is 156 Å². The molecule has 4 heteroatoms. The van der Waals surface area contributed by atoms with Gasteiger partial charge in [-0.1, -0.05) is 110 Å². The number of nitrogens with zero attached hydrogens (tertiary/aromatic N) is 2. The van der Waals surface area contributed by atoms with Crippen molar-refractivity contribution in [2.75, 3.05) is 0 Å². The fraction of sp³-hybridized carbons (Fsp3) is 0.0800. The molecule has 3 aromatic heterocycles. The molecular weight excluding hydrogens is 677 g/mol. The summed E-state index contributed by atoms with van der Waals surface area (Å²) in [5.41, 5.74) is 10.3. The van der Waals surface area contributed by atoms with Crippen molar-refractivity contribution in [1.82, 2.24) is 9.97 Å². The second kappa shape index (κ2) is 12.4. The molecule has 0 aliphatic heterocycles. The lowest BCUT2D eigenvalue weighted by Gasteiger charge is -2.14. The summed E-state index contributed by atoms with van der Waals surface area (Å²) in [5.74, 6) is 0.718. The second-order valence-corrected chi connectivity index (χ2v) is 15.5. The third kappa shape index (κ3) is 5.02. The molecule has 0 fully saturated rings. The van der Waals surface area contributed by atoms with Crippen molar-refractivity contribution in [3.05, 3.63) is 157 Å². The molecule has 0 N–H and O–H groups in total. The molecule has 3 heterocycles. The summed E-state index contributed by atoms with van der Waals surface area (Å²) in [4.78, 5) is 10.6. The van der Waals surface area contributed by atoms with Crippen molar-refractivity contribution in [3.63, 3.8) is 0 Å². The van der Waals surface area contributed by atoms with Gasteiger partial charge in [-0.15, -0.1) is 11.3 Å². The molecule has 8 aromatic carbocycles. The lowest BCUT2D eigenvalue weighted by atomic mass is 9.91. The number of rotatable bonds is 7. The van der Waals surface area contributed by atoms with Crippen LogP contribution in [0.2, 0.25) is 0 Å². The number of aryl methyl sites for hydroxylation is 1. The number of para-hydroxylation sites is 1. The molecule has 0 aliphatic carbocycles. The first kappa shape index (κ1) is 31.2. The Morgan fingerprint density at radius 2 is 1.15 bits per heavy atom. The van der Waals surface area contributed by atoms with E-state index in [0.29, 0.717) is 0 Å².